The normalized spacial score (nSPS) is 41.0. The fraction of sp³-hybridized carbons (Fsp3) is 0.809. The van der Waals surface area contributed by atoms with Crippen LogP contribution in [0, 0.1) is 35.5 Å². The molecule has 14 nitrogen and oxygen atoms in total. The van der Waals surface area contributed by atoms with E-state index in [4.69, 9.17) is 23.7 Å². The van der Waals surface area contributed by atoms with E-state index < -0.39 is 89.9 Å². The first kappa shape index (κ1) is 49.9. The number of amides is 2. The summed E-state index contributed by atoms with van der Waals surface area (Å²) in [4.78, 5) is 70.6. The van der Waals surface area contributed by atoms with Gasteiger partial charge in [-0.3, -0.25) is 19.2 Å². The molecule has 350 valence electrons. The number of halogens is 1. The van der Waals surface area contributed by atoms with E-state index in [9.17, 15) is 34.2 Å². The van der Waals surface area contributed by atoms with Crippen molar-refractivity contribution in [3.05, 3.63) is 23.3 Å². The highest BCUT2D eigenvalue weighted by molar-refractivity contribution is 6.39. The Morgan fingerprint density at radius 2 is 1.63 bits per heavy atom. The van der Waals surface area contributed by atoms with Crippen molar-refractivity contribution >= 4 is 29.4 Å². The van der Waals surface area contributed by atoms with Crippen molar-refractivity contribution in [2.45, 2.75) is 179 Å². The summed E-state index contributed by atoms with van der Waals surface area (Å²) in [6.45, 7) is 10.3. The summed E-state index contributed by atoms with van der Waals surface area (Å²) in [5, 5.41) is 27.0. The van der Waals surface area contributed by atoms with Crippen molar-refractivity contribution in [2.24, 2.45) is 35.5 Å². The Labute approximate surface area is 367 Å². The van der Waals surface area contributed by atoms with Crippen molar-refractivity contribution in [1.82, 2.24) is 10.2 Å². The Hall–Kier alpha value is -3.08. The Morgan fingerprint density at radius 3 is 2.26 bits per heavy atom. The number of nitrogens with one attached hydrogen (secondary N) is 1. The number of carbonyl (C=O) groups is 5. The number of carbonyl (C=O) groups excluding carboxylic acids is 5. The molecule has 0 aromatic rings. The van der Waals surface area contributed by atoms with Gasteiger partial charge in [0.1, 0.15) is 30.2 Å². The topological polar surface area (TPSA) is 187 Å². The van der Waals surface area contributed by atoms with Gasteiger partial charge in [0.15, 0.2) is 0 Å². The number of rotatable bonds is 8. The molecule has 2 bridgehead atoms. The first-order valence-electron chi connectivity index (χ1n) is 22.9. The number of allylic oxidation sites excluding steroid dienone is 3. The van der Waals surface area contributed by atoms with Crippen LogP contribution in [0.15, 0.2) is 23.3 Å². The second-order valence-corrected chi connectivity index (χ2v) is 18.9. The Balaban J connectivity index is 1.50. The zero-order valence-corrected chi connectivity index (χ0v) is 38.3. The second-order valence-electron chi connectivity index (χ2n) is 18.9. The largest absolute Gasteiger partial charge is 0.456 e. The number of alkyl halides is 1. The fourth-order valence-corrected chi connectivity index (χ4v) is 10.1. The Kier molecular flexibility index (Phi) is 17.5. The van der Waals surface area contributed by atoms with Crippen LogP contribution >= 0.6 is 0 Å². The van der Waals surface area contributed by atoms with Gasteiger partial charge >= 0.3 is 5.97 Å². The van der Waals surface area contributed by atoms with Crippen LogP contribution in [-0.4, -0.2) is 133 Å². The quantitative estimate of drug-likeness (QED) is 0.170. The molecule has 3 aliphatic heterocycles. The molecule has 3 N–H and O–H groups in total. The molecule has 0 aromatic carbocycles. The van der Waals surface area contributed by atoms with E-state index in [1.54, 1.807) is 47.8 Å². The molecule has 15 heteroatoms. The molecule has 2 amide bonds. The van der Waals surface area contributed by atoms with Gasteiger partial charge in [0, 0.05) is 58.0 Å². The molecule has 2 saturated carbocycles. The molecular formula is C47H73FN2O12. The third-order valence-electron chi connectivity index (χ3n) is 14.4. The van der Waals surface area contributed by atoms with Crippen molar-refractivity contribution in [2.75, 3.05) is 27.9 Å². The number of piperidine rings is 1. The van der Waals surface area contributed by atoms with Gasteiger partial charge in [-0.15, -0.1) is 0 Å². The molecule has 15 atom stereocenters. The van der Waals surface area contributed by atoms with Crippen LogP contribution in [0.5, 0.6) is 0 Å². The van der Waals surface area contributed by atoms with E-state index in [2.05, 4.69) is 5.32 Å². The van der Waals surface area contributed by atoms with Gasteiger partial charge in [0.25, 0.3) is 11.7 Å². The smallest absolute Gasteiger partial charge is 0.329 e. The lowest BCUT2D eigenvalue weighted by molar-refractivity contribution is -0.302. The highest BCUT2D eigenvalue weighted by atomic mass is 19.1. The number of hydrogen-bond acceptors (Lipinski definition) is 12. The van der Waals surface area contributed by atoms with Crippen molar-refractivity contribution in [3.63, 3.8) is 0 Å². The van der Waals surface area contributed by atoms with Crippen molar-refractivity contribution < 1.29 is 62.3 Å². The summed E-state index contributed by atoms with van der Waals surface area (Å²) in [6.07, 6.45) is 2.23. The molecule has 15 unspecified atom stereocenters. The van der Waals surface area contributed by atoms with E-state index in [0.29, 0.717) is 49.7 Å². The standard InChI is InChI=1S/C47H73FN2O12/c1-10-31-20-25(2)40(48)26(3)21-38(59-8)42-39(60-9)22-28(5)47(57,62-42)43(53)45(55)50-18-12-11-13-34(50)46(56)61-41(29(6)35(51)24-36(31)52)27(4)19-30-14-17-33(37(23-30)58-7)49-44(54)32-15-16-32/h19-20,26,28-35,37-42,51,57H,10-18,21-24H2,1-9H3,(H,49,54)/b25-20+,27-19?. The summed E-state index contributed by atoms with van der Waals surface area (Å²) in [5.41, 5.74) is 0.959. The van der Waals surface area contributed by atoms with Crippen molar-refractivity contribution in [1.29, 1.82) is 0 Å². The summed E-state index contributed by atoms with van der Waals surface area (Å²) in [6, 6.07) is -1.32. The zero-order chi connectivity index (χ0) is 45.6. The molecular weight excluding hydrogens is 804 g/mol. The number of hydrogen-bond donors (Lipinski definition) is 3. The lowest BCUT2D eigenvalue weighted by Gasteiger charge is -2.47. The first-order chi connectivity index (χ1) is 29.4. The molecule has 5 rings (SSSR count). The van der Waals surface area contributed by atoms with Crippen LogP contribution in [0.3, 0.4) is 0 Å². The average molecular weight is 877 g/mol. The van der Waals surface area contributed by atoms with Crippen LogP contribution in [-0.2, 0) is 47.7 Å². The number of fused-ring (bicyclic) bond motifs is 3. The molecule has 0 spiro atoms. The minimum absolute atomic E-state index is 0.0275. The molecule has 4 fully saturated rings. The maximum atomic E-state index is 16.3. The van der Waals surface area contributed by atoms with Gasteiger partial charge in [0.05, 0.1) is 30.5 Å². The third kappa shape index (κ3) is 11.4. The van der Waals surface area contributed by atoms with Crippen LogP contribution in [0.25, 0.3) is 0 Å². The van der Waals surface area contributed by atoms with E-state index >= 15 is 4.39 Å². The first-order valence-corrected chi connectivity index (χ1v) is 22.9. The zero-order valence-electron chi connectivity index (χ0n) is 38.3. The van der Waals surface area contributed by atoms with Gasteiger partial charge in [-0.2, -0.15) is 0 Å². The maximum absolute atomic E-state index is 16.3. The fourth-order valence-electron chi connectivity index (χ4n) is 10.1. The number of nitrogens with zero attached hydrogens (tertiary/aromatic N) is 1. The predicted octanol–water partition coefficient (Wildman–Crippen LogP) is 4.95. The van der Waals surface area contributed by atoms with Crippen LogP contribution < -0.4 is 5.32 Å². The highest BCUT2D eigenvalue weighted by Crippen LogP contribution is 2.40. The van der Waals surface area contributed by atoms with Gasteiger partial charge < -0.3 is 44.1 Å². The molecule has 2 aliphatic carbocycles. The number of cyclic esters (lactones) is 1. The molecule has 3 heterocycles. The maximum Gasteiger partial charge on any atom is 0.329 e. The number of aliphatic hydroxyl groups is 2. The van der Waals surface area contributed by atoms with E-state index in [-0.39, 0.29) is 67.9 Å². The Bertz CT molecular complexity index is 1670. The molecule has 0 aromatic heterocycles. The lowest BCUT2D eigenvalue weighted by atomic mass is 9.80. The van der Waals surface area contributed by atoms with Crippen LogP contribution in [0.1, 0.15) is 119 Å². The lowest BCUT2D eigenvalue weighted by Crippen LogP contribution is -2.64. The van der Waals surface area contributed by atoms with E-state index in [0.717, 1.165) is 17.7 Å². The predicted molar refractivity (Wildman–Crippen MR) is 227 cm³/mol. The molecule has 0 radical (unpaired) electrons. The van der Waals surface area contributed by atoms with Gasteiger partial charge in [0.2, 0.25) is 11.7 Å². The van der Waals surface area contributed by atoms with Crippen molar-refractivity contribution in [3.8, 4) is 0 Å². The summed E-state index contributed by atoms with van der Waals surface area (Å²) < 4.78 is 46.2. The third-order valence-corrected chi connectivity index (χ3v) is 14.4. The van der Waals surface area contributed by atoms with E-state index in [1.807, 2.05) is 13.0 Å². The highest BCUT2D eigenvalue weighted by Gasteiger charge is 2.57. The number of Topliss-reactive ketones (excluding diaryl/α,β-unsaturated/α-hetero) is 2. The monoisotopic (exact) mass is 877 g/mol. The molecule has 62 heavy (non-hydrogen) atoms. The minimum Gasteiger partial charge on any atom is -0.456 e. The van der Waals surface area contributed by atoms with Gasteiger partial charge in [-0.05, 0) is 107 Å². The number of aliphatic hydroxyl groups excluding tert-OH is 1. The van der Waals surface area contributed by atoms with Gasteiger partial charge in [-0.25, -0.2) is 9.18 Å². The summed E-state index contributed by atoms with van der Waals surface area (Å²) in [7, 11) is 4.50. The van der Waals surface area contributed by atoms with Gasteiger partial charge in [-0.1, -0.05) is 39.8 Å². The van der Waals surface area contributed by atoms with Crippen LogP contribution in [0.4, 0.5) is 4.39 Å². The molecule has 5 aliphatic rings. The minimum atomic E-state index is -2.61. The summed E-state index contributed by atoms with van der Waals surface area (Å²) in [5.74, 6) is -9.00. The van der Waals surface area contributed by atoms with Crippen LogP contribution in [0.2, 0.25) is 0 Å². The second kappa shape index (κ2) is 21.7. The number of methoxy groups -OCH3 is 3. The number of ether oxygens (including phenoxy) is 5. The number of esters is 1. The number of ketones is 2. The average Bonchev–Trinajstić information content (AvgIpc) is 4.12. The molecule has 2 saturated heterocycles. The Morgan fingerprint density at radius 1 is 0.968 bits per heavy atom. The SMILES string of the molecule is CCC1/C=C(\C)C(F)C(C)CC(OC)C2OC(O)(C(=O)C(=O)N3CCCCC3C(=O)OC(C(C)=CC3CCC(NC(=O)C4CC4)C(OC)C3)C(C)C(O)CC1=O)C(C)CC2OC. The summed E-state index contributed by atoms with van der Waals surface area (Å²) >= 11 is 0. The van der Waals surface area contributed by atoms with E-state index in [1.165, 1.54) is 14.2 Å².